The van der Waals surface area contributed by atoms with E-state index in [0.717, 1.165) is 34.3 Å². The average molecular weight is 433 g/mol. The Labute approximate surface area is 185 Å². The summed E-state index contributed by atoms with van der Waals surface area (Å²) in [5.41, 5.74) is 3.81. The van der Waals surface area contributed by atoms with Crippen LogP contribution in [0.4, 0.5) is 0 Å². The lowest BCUT2D eigenvalue weighted by Gasteiger charge is -2.29. The summed E-state index contributed by atoms with van der Waals surface area (Å²) in [6.45, 7) is 1.11. The van der Waals surface area contributed by atoms with Crippen molar-refractivity contribution >= 4 is 16.9 Å². The average Bonchev–Trinajstić information content (AvgIpc) is 3.50. The minimum atomic E-state index is -0.0658. The highest BCUT2D eigenvalue weighted by molar-refractivity contribution is 5.93. The number of amides is 1. The van der Waals surface area contributed by atoms with Crippen LogP contribution < -0.4 is 14.2 Å². The van der Waals surface area contributed by atoms with Crippen molar-refractivity contribution in [1.82, 2.24) is 4.90 Å². The second-order valence-corrected chi connectivity index (χ2v) is 7.61. The van der Waals surface area contributed by atoms with Crippen LogP contribution >= 0.6 is 0 Å². The molecule has 1 aliphatic heterocycles. The highest BCUT2D eigenvalue weighted by atomic mass is 16.5. The number of nitrogens with zero attached hydrogens (tertiary/aromatic N) is 1. The smallest absolute Gasteiger partial charge is 0.260 e. The van der Waals surface area contributed by atoms with Crippen LogP contribution in [-0.2, 0) is 17.8 Å². The first-order chi connectivity index (χ1) is 15.7. The molecule has 2 aromatic heterocycles. The molecule has 0 saturated carbocycles. The van der Waals surface area contributed by atoms with Gasteiger partial charge in [-0.2, -0.15) is 0 Å². The van der Waals surface area contributed by atoms with Crippen molar-refractivity contribution in [2.24, 2.45) is 0 Å². The Balaban J connectivity index is 1.28. The molecular formula is C25H23NO6. The Kier molecular flexibility index (Phi) is 5.23. The summed E-state index contributed by atoms with van der Waals surface area (Å²) in [6.07, 6.45) is 4.04. The highest BCUT2D eigenvalue weighted by Crippen LogP contribution is 2.34. The molecule has 0 bridgehead atoms. The molecule has 7 nitrogen and oxygen atoms in total. The molecule has 0 aliphatic carbocycles. The molecule has 5 rings (SSSR count). The van der Waals surface area contributed by atoms with Gasteiger partial charge in [-0.15, -0.1) is 0 Å². The molecule has 0 fully saturated rings. The van der Waals surface area contributed by atoms with Crippen LogP contribution in [0, 0.1) is 0 Å². The van der Waals surface area contributed by atoms with Crippen molar-refractivity contribution in [2.45, 2.75) is 13.0 Å². The molecule has 0 unspecified atom stereocenters. The van der Waals surface area contributed by atoms with E-state index in [2.05, 4.69) is 0 Å². The Hall–Kier alpha value is -3.87. The van der Waals surface area contributed by atoms with Gasteiger partial charge in [0, 0.05) is 18.5 Å². The quantitative estimate of drug-likeness (QED) is 0.440. The Morgan fingerprint density at radius 3 is 2.59 bits per heavy atom. The fourth-order valence-corrected chi connectivity index (χ4v) is 4.05. The first-order valence-corrected chi connectivity index (χ1v) is 10.4. The molecular weight excluding hydrogens is 410 g/mol. The number of hydrogen-bond donors (Lipinski definition) is 0. The molecule has 0 N–H and O–H groups in total. The van der Waals surface area contributed by atoms with Crippen LogP contribution in [0.25, 0.3) is 22.3 Å². The highest BCUT2D eigenvalue weighted by Gasteiger charge is 2.23. The minimum absolute atomic E-state index is 0.0396. The van der Waals surface area contributed by atoms with E-state index in [9.17, 15) is 4.79 Å². The fraction of sp³-hybridized carbons (Fsp3) is 0.240. The third kappa shape index (κ3) is 3.66. The lowest BCUT2D eigenvalue weighted by molar-refractivity contribution is -0.134. The summed E-state index contributed by atoms with van der Waals surface area (Å²) in [6, 6.07) is 13.1. The van der Waals surface area contributed by atoms with Gasteiger partial charge in [0.1, 0.15) is 23.4 Å². The van der Waals surface area contributed by atoms with Gasteiger partial charge in [-0.05, 0) is 60.0 Å². The van der Waals surface area contributed by atoms with Crippen LogP contribution in [0.5, 0.6) is 17.2 Å². The number of furan rings is 2. The summed E-state index contributed by atoms with van der Waals surface area (Å²) < 4.78 is 27.7. The molecule has 32 heavy (non-hydrogen) atoms. The van der Waals surface area contributed by atoms with Crippen molar-refractivity contribution < 1.29 is 27.8 Å². The maximum Gasteiger partial charge on any atom is 0.260 e. The molecule has 4 aromatic rings. The van der Waals surface area contributed by atoms with Gasteiger partial charge in [0.15, 0.2) is 18.1 Å². The summed E-state index contributed by atoms with van der Waals surface area (Å²) in [5, 5.41) is 0.873. The number of fused-ring (bicyclic) bond motifs is 2. The van der Waals surface area contributed by atoms with Gasteiger partial charge < -0.3 is 27.9 Å². The van der Waals surface area contributed by atoms with Gasteiger partial charge in [0.2, 0.25) is 0 Å². The fourth-order valence-electron chi connectivity index (χ4n) is 4.05. The lowest BCUT2D eigenvalue weighted by Crippen LogP contribution is -2.38. The largest absolute Gasteiger partial charge is 0.493 e. The topological polar surface area (TPSA) is 74.3 Å². The first-order valence-electron chi connectivity index (χ1n) is 10.4. The molecule has 0 saturated heterocycles. The zero-order chi connectivity index (χ0) is 22.1. The number of benzene rings is 2. The lowest BCUT2D eigenvalue weighted by atomic mass is 9.99. The summed E-state index contributed by atoms with van der Waals surface area (Å²) >= 11 is 0. The van der Waals surface area contributed by atoms with E-state index in [4.69, 9.17) is 23.0 Å². The predicted molar refractivity (Wildman–Crippen MR) is 118 cm³/mol. The third-order valence-corrected chi connectivity index (χ3v) is 5.76. The summed E-state index contributed by atoms with van der Waals surface area (Å²) in [7, 11) is 3.23. The van der Waals surface area contributed by atoms with Crippen molar-refractivity contribution in [1.29, 1.82) is 0 Å². The van der Waals surface area contributed by atoms with Crippen molar-refractivity contribution in [3.05, 3.63) is 66.1 Å². The van der Waals surface area contributed by atoms with Crippen LogP contribution in [0.2, 0.25) is 0 Å². The van der Waals surface area contributed by atoms with Crippen LogP contribution in [-0.4, -0.2) is 38.2 Å². The second-order valence-electron chi connectivity index (χ2n) is 7.61. The van der Waals surface area contributed by atoms with Crippen LogP contribution in [0.1, 0.15) is 11.1 Å². The molecule has 0 radical (unpaired) electrons. The predicted octanol–water partition coefficient (Wildman–Crippen LogP) is 4.67. The van der Waals surface area contributed by atoms with E-state index in [-0.39, 0.29) is 12.5 Å². The van der Waals surface area contributed by atoms with Gasteiger partial charge in [0.05, 0.1) is 26.0 Å². The van der Waals surface area contributed by atoms with Gasteiger partial charge in [-0.25, -0.2) is 0 Å². The molecule has 0 atom stereocenters. The SMILES string of the molecule is COc1cc2c(cc1OC)CN(C(=O)COc1ccc3occ(-c4ccco4)c3c1)CC2. The monoisotopic (exact) mass is 433 g/mol. The van der Waals surface area contributed by atoms with Crippen LogP contribution in [0.3, 0.4) is 0 Å². The van der Waals surface area contributed by atoms with Crippen molar-refractivity contribution in [3.63, 3.8) is 0 Å². The summed E-state index contributed by atoms with van der Waals surface area (Å²) in [5.74, 6) is 2.62. The number of ether oxygens (including phenoxy) is 3. The van der Waals surface area contributed by atoms with E-state index in [1.54, 1.807) is 37.7 Å². The van der Waals surface area contributed by atoms with Gasteiger partial charge in [0.25, 0.3) is 5.91 Å². The zero-order valence-electron chi connectivity index (χ0n) is 17.9. The Morgan fingerprint density at radius 2 is 1.84 bits per heavy atom. The summed E-state index contributed by atoms with van der Waals surface area (Å²) in [4.78, 5) is 14.6. The van der Waals surface area contributed by atoms with Gasteiger partial charge >= 0.3 is 0 Å². The van der Waals surface area contributed by atoms with E-state index in [1.165, 1.54) is 5.56 Å². The molecule has 1 aliphatic rings. The number of rotatable bonds is 6. The normalized spacial score (nSPS) is 13.1. The minimum Gasteiger partial charge on any atom is -0.493 e. The Morgan fingerprint density at radius 1 is 1.03 bits per heavy atom. The Bertz CT molecular complexity index is 1260. The number of methoxy groups -OCH3 is 2. The zero-order valence-corrected chi connectivity index (χ0v) is 17.9. The standard InChI is InChI=1S/C25H23NO6/c1-28-23-10-16-7-8-26(13-17(16)11-24(23)29-2)25(27)15-31-18-5-6-22-19(12-18)20(14-32-22)21-4-3-9-30-21/h3-6,9-12,14H,7-8,13,15H2,1-2H3. The van der Waals surface area contributed by atoms with Gasteiger partial charge in [-0.3, -0.25) is 4.79 Å². The van der Waals surface area contributed by atoms with Crippen molar-refractivity contribution in [2.75, 3.05) is 27.4 Å². The second kappa shape index (κ2) is 8.34. The molecule has 3 heterocycles. The van der Waals surface area contributed by atoms with Crippen LogP contribution in [0.15, 0.2) is 63.8 Å². The van der Waals surface area contributed by atoms with E-state index in [0.29, 0.717) is 30.3 Å². The van der Waals surface area contributed by atoms with Gasteiger partial charge in [-0.1, -0.05) is 0 Å². The number of hydrogen-bond acceptors (Lipinski definition) is 6. The maximum absolute atomic E-state index is 12.8. The number of carbonyl (C=O) groups is 1. The first kappa shape index (κ1) is 20.1. The molecule has 1 amide bonds. The number of carbonyl (C=O) groups excluding carboxylic acids is 1. The third-order valence-electron chi connectivity index (χ3n) is 5.76. The van der Waals surface area contributed by atoms with E-state index in [1.807, 2.05) is 36.4 Å². The maximum atomic E-state index is 12.8. The molecule has 164 valence electrons. The molecule has 2 aromatic carbocycles. The van der Waals surface area contributed by atoms with E-state index < -0.39 is 0 Å². The molecule has 0 spiro atoms. The van der Waals surface area contributed by atoms with Crippen molar-refractivity contribution in [3.8, 4) is 28.6 Å². The van der Waals surface area contributed by atoms with E-state index >= 15 is 0 Å². The molecule has 7 heteroatoms.